The average Bonchev–Trinajstić information content (AvgIpc) is 2.08. The summed E-state index contributed by atoms with van der Waals surface area (Å²) in [6.07, 6.45) is 1.91. The van der Waals surface area contributed by atoms with Crippen molar-refractivity contribution in [3.63, 3.8) is 0 Å². The van der Waals surface area contributed by atoms with Gasteiger partial charge in [0.15, 0.2) is 5.75 Å². The lowest BCUT2D eigenvalue weighted by Crippen LogP contribution is -2.21. The van der Waals surface area contributed by atoms with Crippen LogP contribution in [0.25, 0.3) is 0 Å². The molecule has 0 aliphatic heterocycles. The van der Waals surface area contributed by atoms with E-state index in [1.54, 1.807) is 0 Å². The molecular formula is C7H20N2O3PS+. The molecule has 7 heteroatoms. The van der Waals surface area contributed by atoms with Gasteiger partial charge in [0.2, 0.25) is 10.9 Å². The van der Waals surface area contributed by atoms with Gasteiger partial charge in [0.1, 0.15) is 0 Å². The van der Waals surface area contributed by atoms with Gasteiger partial charge in [-0.25, -0.2) is 0 Å². The zero-order valence-electron chi connectivity index (χ0n) is 8.44. The third-order valence-electron chi connectivity index (χ3n) is 1.54. The summed E-state index contributed by atoms with van der Waals surface area (Å²) in [5, 5.41) is 6.27. The third-order valence-corrected chi connectivity index (χ3v) is 3.95. The zero-order valence-corrected chi connectivity index (χ0v) is 10.2. The Morgan fingerprint density at radius 1 is 1.07 bits per heavy atom. The minimum Gasteiger partial charge on any atom is -0.320 e. The Labute approximate surface area is 88.8 Å². The Hall–Kier alpha value is 0.450. The van der Waals surface area contributed by atoms with Gasteiger partial charge in [-0.15, -0.1) is 0 Å². The van der Waals surface area contributed by atoms with Crippen molar-refractivity contribution in [1.82, 2.24) is 10.6 Å². The molecule has 0 aromatic rings. The van der Waals surface area contributed by atoms with Crippen LogP contribution in [0.2, 0.25) is 0 Å². The lowest BCUT2D eigenvalue weighted by atomic mass is 10.4. The molecule has 0 aromatic carbocycles. The summed E-state index contributed by atoms with van der Waals surface area (Å²) >= 11 is 0. The van der Waals surface area contributed by atoms with Crippen molar-refractivity contribution in [1.29, 1.82) is 0 Å². The van der Waals surface area contributed by atoms with E-state index in [2.05, 4.69) is 10.6 Å². The Morgan fingerprint density at radius 2 is 1.71 bits per heavy atom. The highest BCUT2D eigenvalue weighted by atomic mass is 32.5. The van der Waals surface area contributed by atoms with Gasteiger partial charge in [0.05, 0.1) is 0 Å². The van der Waals surface area contributed by atoms with E-state index in [1.165, 1.54) is 0 Å². The van der Waals surface area contributed by atoms with E-state index in [0.29, 0.717) is 5.75 Å². The summed E-state index contributed by atoms with van der Waals surface area (Å²) in [5.41, 5.74) is 0. The maximum Gasteiger partial charge on any atom is 0.515 e. The molecule has 0 unspecified atom stereocenters. The van der Waals surface area contributed by atoms with Crippen LogP contribution in [-0.4, -0.2) is 47.1 Å². The summed E-state index contributed by atoms with van der Waals surface area (Å²) in [6, 6.07) is 0. The fourth-order valence-corrected chi connectivity index (χ4v) is 2.54. The molecule has 0 fully saturated rings. The van der Waals surface area contributed by atoms with E-state index >= 15 is 0 Å². The summed E-state index contributed by atoms with van der Waals surface area (Å²) < 4.78 is 0. The van der Waals surface area contributed by atoms with Gasteiger partial charge in [-0.3, -0.25) is 14.7 Å². The molecule has 0 saturated carbocycles. The molecule has 86 valence electrons. The molecule has 0 heterocycles. The highest BCUT2D eigenvalue weighted by Gasteiger charge is 2.17. The van der Waals surface area contributed by atoms with Crippen LogP contribution < -0.4 is 10.6 Å². The van der Waals surface area contributed by atoms with Crippen LogP contribution in [0, 0.1) is 0 Å². The highest BCUT2D eigenvalue weighted by Crippen LogP contribution is 2.30. The first-order valence-electron chi connectivity index (χ1n) is 4.63. The lowest BCUT2D eigenvalue weighted by molar-refractivity contribution is 0.363. The van der Waals surface area contributed by atoms with Crippen LogP contribution >= 0.6 is 6.72 Å². The van der Waals surface area contributed by atoms with Crippen LogP contribution in [0.4, 0.5) is 0 Å². The van der Waals surface area contributed by atoms with E-state index in [4.69, 9.17) is 14.7 Å². The molecule has 0 bridgehead atoms. The summed E-state index contributed by atoms with van der Waals surface area (Å²) in [7, 11) is 2.75. The van der Waals surface area contributed by atoms with Crippen LogP contribution in [0.5, 0.6) is 0 Å². The Bertz CT molecular complexity index is 178. The maximum atomic E-state index is 8.65. The molecule has 0 aliphatic carbocycles. The molecule has 0 saturated heterocycles. The quantitative estimate of drug-likeness (QED) is 0.221. The minimum absolute atomic E-state index is 0.566. The van der Waals surface area contributed by atoms with Gasteiger partial charge in [0.25, 0.3) is 0 Å². The average molecular weight is 243 g/mol. The molecule has 0 aromatic heterocycles. The monoisotopic (exact) mass is 243 g/mol. The molecule has 0 atom stereocenters. The van der Waals surface area contributed by atoms with E-state index in [1.807, 2.05) is 7.05 Å². The van der Waals surface area contributed by atoms with Crippen LogP contribution in [-0.2, 0) is 10.9 Å². The third kappa shape index (κ3) is 12.4. The first kappa shape index (κ1) is 14.5. The largest absolute Gasteiger partial charge is 0.515 e. The molecule has 0 amide bonds. The van der Waals surface area contributed by atoms with Gasteiger partial charge in [-0.2, -0.15) is 0 Å². The topological polar surface area (TPSA) is 84.8 Å². The maximum absolute atomic E-state index is 8.65. The standard InChI is InChI=1S/C7H20N2O3PS/c1-8-4-2-5-9-6-3-7-14-13(10,11)12/h8-12H,2-7H2,1H3/q+1. The SMILES string of the molecule is CNCCCNCCC[S+]=P(O)(O)O. The van der Waals surface area contributed by atoms with Gasteiger partial charge < -0.3 is 10.6 Å². The Morgan fingerprint density at radius 3 is 2.29 bits per heavy atom. The van der Waals surface area contributed by atoms with E-state index in [0.717, 1.165) is 43.4 Å². The fourth-order valence-electron chi connectivity index (χ4n) is 0.899. The molecule has 0 aliphatic rings. The molecule has 0 rings (SSSR count). The van der Waals surface area contributed by atoms with Crippen LogP contribution in [0.15, 0.2) is 0 Å². The molecule has 0 radical (unpaired) electrons. The summed E-state index contributed by atoms with van der Waals surface area (Å²) in [5.74, 6) is 0.566. The second-order valence-corrected chi connectivity index (χ2v) is 6.84. The predicted octanol–water partition coefficient (Wildman–Crippen LogP) is -0.687. The second-order valence-electron chi connectivity index (χ2n) is 2.91. The molecule has 0 spiro atoms. The van der Waals surface area contributed by atoms with Crippen LogP contribution in [0.3, 0.4) is 0 Å². The first-order chi connectivity index (χ1) is 6.56. The van der Waals surface area contributed by atoms with Crippen molar-refractivity contribution in [2.75, 3.05) is 32.4 Å². The van der Waals surface area contributed by atoms with E-state index in [9.17, 15) is 0 Å². The lowest BCUT2D eigenvalue weighted by Gasteiger charge is -2.00. The number of nitrogens with one attached hydrogen (secondary N) is 2. The van der Waals surface area contributed by atoms with E-state index in [-0.39, 0.29) is 0 Å². The van der Waals surface area contributed by atoms with Crippen LogP contribution in [0.1, 0.15) is 12.8 Å². The fraction of sp³-hybridized carbons (Fsp3) is 1.00. The number of hydrogen-bond acceptors (Lipinski definition) is 2. The smallest absolute Gasteiger partial charge is 0.320 e. The summed E-state index contributed by atoms with van der Waals surface area (Å²) in [4.78, 5) is 25.9. The van der Waals surface area contributed by atoms with Crippen molar-refractivity contribution >= 4 is 17.7 Å². The van der Waals surface area contributed by atoms with Crippen molar-refractivity contribution < 1.29 is 14.7 Å². The molecular weight excluding hydrogens is 223 g/mol. The van der Waals surface area contributed by atoms with Gasteiger partial charge in [-0.1, -0.05) is 0 Å². The predicted molar refractivity (Wildman–Crippen MR) is 61.8 cm³/mol. The molecule has 5 N–H and O–H groups in total. The Balaban J connectivity index is 3.15. The molecule has 5 nitrogen and oxygen atoms in total. The van der Waals surface area contributed by atoms with Crippen molar-refractivity contribution in [3.05, 3.63) is 0 Å². The first-order valence-corrected chi connectivity index (χ1v) is 7.87. The minimum atomic E-state index is -3.60. The van der Waals surface area contributed by atoms with Gasteiger partial charge >= 0.3 is 6.72 Å². The second kappa shape index (κ2) is 8.73. The Kier molecular flexibility index (Phi) is 9.01. The van der Waals surface area contributed by atoms with Crippen molar-refractivity contribution in [2.24, 2.45) is 0 Å². The number of rotatable bonds is 8. The normalized spacial score (nSPS) is 11.7. The van der Waals surface area contributed by atoms with E-state index < -0.39 is 6.72 Å². The van der Waals surface area contributed by atoms with Crippen molar-refractivity contribution in [3.8, 4) is 0 Å². The molecule has 14 heavy (non-hydrogen) atoms. The van der Waals surface area contributed by atoms with Crippen molar-refractivity contribution in [2.45, 2.75) is 12.8 Å². The highest BCUT2D eigenvalue weighted by molar-refractivity contribution is 8.16. The van der Waals surface area contributed by atoms with Gasteiger partial charge in [-0.05, 0) is 26.6 Å². The zero-order chi connectivity index (χ0) is 10.9. The summed E-state index contributed by atoms with van der Waals surface area (Å²) in [6.45, 7) is -0.797. The van der Waals surface area contributed by atoms with Gasteiger partial charge in [0, 0.05) is 13.0 Å². The number of hydrogen-bond donors (Lipinski definition) is 5.